The molecule has 2 aromatic heterocycles. The second kappa shape index (κ2) is 8.40. The van der Waals surface area contributed by atoms with Gasteiger partial charge in [0.25, 0.3) is 0 Å². The van der Waals surface area contributed by atoms with E-state index in [1.165, 1.54) is 0 Å². The van der Waals surface area contributed by atoms with E-state index in [1.807, 2.05) is 30.3 Å². The number of pyridine rings is 1. The Balaban J connectivity index is 1.74. The topological polar surface area (TPSA) is 88.0 Å². The first-order valence-corrected chi connectivity index (χ1v) is 8.45. The van der Waals surface area contributed by atoms with Crippen molar-refractivity contribution < 1.29 is 9.90 Å². The molecule has 2 N–H and O–H groups in total. The van der Waals surface area contributed by atoms with Crippen molar-refractivity contribution in [3.8, 4) is 11.4 Å². The monoisotopic (exact) mass is 368 g/mol. The highest BCUT2D eigenvalue weighted by molar-refractivity contribution is 6.30. The molecule has 26 heavy (non-hydrogen) atoms. The zero-order chi connectivity index (χ0) is 18.4. The minimum Gasteiger partial charge on any atom is -0.481 e. The van der Waals surface area contributed by atoms with Crippen molar-refractivity contribution in [3.05, 3.63) is 71.5 Å². The van der Waals surface area contributed by atoms with Crippen LogP contribution in [0.2, 0.25) is 5.02 Å². The number of carboxylic acid groups (broad SMARTS) is 1. The molecule has 1 aromatic carbocycles. The van der Waals surface area contributed by atoms with Crippen LogP contribution in [0.15, 0.2) is 60.9 Å². The Hall–Kier alpha value is -2.99. The maximum atomic E-state index is 11.2. The van der Waals surface area contributed by atoms with Gasteiger partial charge in [0.15, 0.2) is 0 Å². The van der Waals surface area contributed by atoms with E-state index in [4.69, 9.17) is 11.6 Å². The zero-order valence-electron chi connectivity index (χ0n) is 13.8. The Kier molecular flexibility index (Phi) is 5.76. The highest BCUT2D eigenvalue weighted by atomic mass is 35.5. The lowest BCUT2D eigenvalue weighted by Crippen LogP contribution is -2.17. The van der Waals surface area contributed by atoms with E-state index in [9.17, 15) is 9.90 Å². The van der Waals surface area contributed by atoms with Gasteiger partial charge in [-0.05, 0) is 35.9 Å². The summed E-state index contributed by atoms with van der Waals surface area (Å²) < 4.78 is 0. The molecule has 0 radical (unpaired) electrons. The summed E-state index contributed by atoms with van der Waals surface area (Å²) in [7, 11) is 0. The molecule has 132 valence electrons. The van der Waals surface area contributed by atoms with E-state index in [0.717, 1.165) is 11.3 Å². The van der Waals surface area contributed by atoms with Gasteiger partial charge in [-0.2, -0.15) is 0 Å². The van der Waals surface area contributed by atoms with Gasteiger partial charge in [-0.1, -0.05) is 29.8 Å². The van der Waals surface area contributed by atoms with E-state index in [0.29, 0.717) is 23.2 Å². The largest absolute Gasteiger partial charge is 0.481 e. The number of nitrogens with one attached hydrogen (secondary N) is 1. The molecule has 3 aromatic rings. The van der Waals surface area contributed by atoms with E-state index >= 15 is 0 Å². The Labute approximate surface area is 155 Å². The van der Waals surface area contributed by atoms with Gasteiger partial charge in [0.05, 0.1) is 17.8 Å². The quantitative estimate of drug-likeness (QED) is 0.658. The molecule has 0 aliphatic rings. The average Bonchev–Trinajstić information content (AvgIpc) is 2.66. The Morgan fingerprint density at radius 3 is 2.54 bits per heavy atom. The molecular weight excluding hydrogens is 352 g/mol. The molecule has 3 rings (SSSR count). The van der Waals surface area contributed by atoms with Gasteiger partial charge in [0.2, 0.25) is 5.95 Å². The number of halogens is 1. The summed E-state index contributed by atoms with van der Waals surface area (Å²) in [6, 6.07) is 14.6. The fourth-order valence-electron chi connectivity index (χ4n) is 2.57. The van der Waals surface area contributed by atoms with Crippen molar-refractivity contribution in [2.45, 2.75) is 12.3 Å². The lowest BCUT2D eigenvalue weighted by atomic mass is 9.96. The smallest absolute Gasteiger partial charge is 0.304 e. The number of carboxylic acids is 1. The third kappa shape index (κ3) is 4.77. The minimum absolute atomic E-state index is 0.00539. The van der Waals surface area contributed by atoms with E-state index < -0.39 is 5.97 Å². The molecule has 0 bridgehead atoms. The number of aromatic nitrogens is 3. The molecule has 0 spiro atoms. The summed E-state index contributed by atoms with van der Waals surface area (Å²) in [6.07, 6.45) is 3.34. The number of hydrogen-bond acceptors (Lipinski definition) is 5. The van der Waals surface area contributed by atoms with Crippen LogP contribution in [0.25, 0.3) is 11.4 Å². The van der Waals surface area contributed by atoms with Crippen molar-refractivity contribution in [3.63, 3.8) is 0 Å². The van der Waals surface area contributed by atoms with Crippen molar-refractivity contribution in [2.75, 3.05) is 11.9 Å². The average molecular weight is 369 g/mol. The highest BCUT2D eigenvalue weighted by Crippen LogP contribution is 2.22. The van der Waals surface area contributed by atoms with Gasteiger partial charge >= 0.3 is 5.97 Å². The third-order valence-corrected chi connectivity index (χ3v) is 4.10. The minimum atomic E-state index is -0.866. The molecule has 0 fully saturated rings. The summed E-state index contributed by atoms with van der Waals surface area (Å²) in [5, 5.41) is 12.9. The highest BCUT2D eigenvalue weighted by Gasteiger charge is 2.16. The molecule has 2 heterocycles. The molecule has 6 nitrogen and oxygen atoms in total. The number of aliphatic carboxylic acids is 1. The lowest BCUT2D eigenvalue weighted by Gasteiger charge is -2.16. The molecule has 0 saturated heterocycles. The maximum absolute atomic E-state index is 11.2. The third-order valence-electron chi connectivity index (χ3n) is 3.85. The van der Waals surface area contributed by atoms with Crippen LogP contribution in [0.4, 0.5) is 5.95 Å². The number of benzene rings is 1. The molecule has 0 amide bonds. The van der Waals surface area contributed by atoms with Crippen LogP contribution < -0.4 is 5.32 Å². The molecule has 7 heteroatoms. The SMILES string of the molecule is O=C(O)C[C@H](CNc1nccc(-c2ccccn2)n1)c1ccc(Cl)cc1. The van der Waals surface area contributed by atoms with Gasteiger partial charge in [0.1, 0.15) is 0 Å². The normalized spacial score (nSPS) is 11.7. The summed E-state index contributed by atoms with van der Waals surface area (Å²) in [4.78, 5) is 24.1. The van der Waals surface area contributed by atoms with Gasteiger partial charge in [-0.25, -0.2) is 9.97 Å². The summed E-state index contributed by atoms with van der Waals surface area (Å²) in [5.41, 5.74) is 2.34. The summed E-state index contributed by atoms with van der Waals surface area (Å²) in [6.45, 7) is 0.388. The Morgan fingerprint density at radius 1 is 1.04 bits per heavy atom. The van der Waals surface area contributed by atoms with Crippen LogP contribution in [0, 0.1) is 0 Å². The van der Waals surface area contributed by atoms with Gasteiger partial charge < -0.3 is 10.4 Å². The van der Waals surface area contributed by atoms with Crippen LogP contribution in [0.5, 0.6) is 0 Å². The van der Waals surface area contributed by atoms with Crippen LogP contribution >= 0.6 is 11.6 Å². The fourth-order valence-corrected chi connectivity index (χ4v) is 2.69. The number of hydrogen-bond donors (Lipinski definition) is 2. The maximum Gasteiger partial charge on any atom is 0.304 e. The molecule has 1 atom stereocenters. The molecular formula is C19H17ClN4O2. The first-order valence-electron chi connectivity index (χ1n) is 8.07. The van der Waals surface area contributed by atoms with E-state index in [1.54, 1.807) is 30.6 Å². The van der Waals surface area contributed by atoms with Crippen molar-refractivity contribution in [2.24, 2.45) is 0 Å². The molecule has 0 aliphatic carbocycles. The van der Waals surface area contributed by atoms with E-state index in [-0.39, 0.29) is 12.3 Å². The predicted molar refractivity (Wildman–Crippen MR) is 100 cm³/mol. The lowest BCUT2D eigenvalue weighted by molar-refractivity contribution is -0.137. The molecule has 0 saturated carbocycles. The van der Waals surface area contributed by atoms with Crippen molar-refractivity contribution >= 4 is 23.5 Å². The van der Waals surface area contributed by atoms with Gasteiger partial charge in [-0.15, -0.1) is 0 Å². The number of nitrogens with zero attached hydrogens (tertiary/aromatic N) is 3. The predicted octanol–water partition coefficient (Wildman–Crippen LogP) is 3.86. The van der Waals surface area contributed by atoms with Gasteiger partial charge in [0, 0.05) is 29.9 Å². The second-order valence-corrected chi connectivity index (χ2v) is 6.14. The zero-order valence-corrected chi connectivity index (χ0v) is 14.6. The van der Waals surface area contributed by atoms with E-state index in [2.05, 4.69) is 20.3 Å². The Bertz CT molecular complexity index is 872. The van der Waals surface area contributed by atoms with Crippen LogP contribution in [0.1, 0.15) is 17.9 Å². The Morgan fingerprint density at radius 2 is 1.85 bits per heavy atom. The number of anilines is 1. The number of rotatable bonds is 7. The first kappa shape index (κ1) is 17.8. The number of carbonyl (C=O) groups is 1. The first-order chi connectivity index (χ1) is 12.6. The van der Waals surface area contributed by atoms with Crippen LogP contribution in [-0.2, 0) is 4.79 Å². The van der Waals surface area contributed by atoms with Crippen molar-refractivity contribution in [1.29, 1.82) is 0 Å². The summed E-state index contributed by atoms with van der Waals surface area (Å²) >= 11 is 5.91. The standard InChI is InChI=1S/C19H17ClN4O2/c20-15-6-4-13(5-7-15)14(11-18(25)26)12-23-19-22-10-8-17(24-19)16-3-1-2-9-21-16/h1-10,14H,11-12H2,(H,25,26)(H,22,23,24)/t14-/m1/s1. The molecule has 0 aliphatic heterocycles. The van der Waals surface area contributed by atoms with Gasteiger partial charge in [-0.3, -0.25) is 9.78 Å². The van der Waals surface area contributed by atoms with Crippen LogP contribution in [-0.4, -0.2) is 32.6 Å². The molecule has 0 unspecified atom stereocenters. The van der Waals surface area contributed by atoms with Crippen LogP contribution in [0.3, 0.4) is 0 Å². The fraction of sp³-hybridized carbons (Fsp3) is 0.158. The summed E-state index contributed by atoms with van der Waals surface area (Å²) in [5.74, 6) is -0.667. The van der Waals surface area contributed by atoms with Crippen molar-refractivity contribution in [1.82, 2.24) is 15.0 Å². The second-order valence-electron chi connectivity index (χ2n) is 5.71.